The number of rotatable bonds is 7. The largest absolute Gasteiger partial charge is 0.310 e. The highest BCUT2D eigenvalue weighted by Gasteiger charge is 2.39. The van der Waals surface area contributed by atoms with Crippen LogP contribution >= 0.6 is 0 Å². The quantitative estimate of drug-likeness (QED) is 0.177. The summed E-state index contributed by atoms with van der Waals surface area (Å²) in [7, 11) is 0. The van der Waals surface area contributed by atoms with Crippen LogP contribution in [0.15, 0.2) is 140 Å². The summed E-state index contributed by atoms with van der Waals surface area (Å²) >= 11 is 0. The van der Waals surface area contributed by atoms with Crippen LogP contribution in [0.25, 0.3) is 33.4 Å². The molecule has 2 aliphatic rings. The van der Waals surface area contributed by atoms with Crippen molar-refractivity contribution in [1.29, 1.82) is 0 Å². The summed E-state index contributed by atoms with van der Waals surface area (Å²) in [5.74, 6) is 0. The third-order valence-corrected chi connectivity index (χ3v) is 10.8. The fourth-order valence-electron chi connectivity index (χ4n) is 8.22. The SMILES string of the molecule is CCCCC1(C)c2ccccc2-c2ccc(N(c3ccc(-c4ccccc4)cc3)c3ccc4c(c3)C(C)(C)c3ccccc3-4)cc21. The van der Waals surface area contributed by atoms with Crippen molar-refractivity contribution in [2.75, 3.05) is 4.90 Å². The molecule has 0 fully saturated rings. The molecule has 2 aliphatic carbocycles. The van der Waals surface area contributed by atoms with E-state index < -0.39 is 0 Å². The number of nitrogens with zero attached hydrogens (tertiary/aromatic N) is 1. The maximum Gasteiger partial charge on any atom is 0.0465 e. The molecule has 0 saturated heterocycles. The lowest BCUT2D eigenvalue weighted by Gasteiger charge is -2.31. The highest BCUT2D eigenvalue weighted by Crippen LogP contribution is 2.54. The van der Waals surface area contributed by atoms with Crippen LogP contribution in [0.5, 0.6) is 0 Å². The molecule has 46 heavy (non-hydrogen) atoms. The Balaban J connectivity index is 1.30. The summed E-state index contributed by atoms with van der Waals surface area (Å²) < 4.78 is 0. The van der Waals surface area contributed by atoms with Gasteiger partial charge >= 0.3 is 0 Å². The average Bonchev–Trinajstić information content (AvgIpc) is 3.49. The minimum absolute atomic E-state index is 0.0116. The number of anilines is 3. The van der Waals surface area contributed by atoms with E-state index in [1.54, 1.807) is 0 Å². The lowest BCUT2D eigenvalue weighted by atomic mass is 9.76. The fourth-order valence-corrected chi connectivity index (χ4v) is 8.22. The smallest absolute Gasteiger partial charge is 0.0465 e. The monoisotopic (exact) mass is 595 g/mol. The summed E-state index contributed by atoms with van der Waals surface area (Å²) in [6, 6.07) is 52.0. The van der Waals surface area contributed by atoms with Gasteiger partial charge in [0.1, 0.15) is 0 Å². The molecule has 1 nitrogen and oxygen atoms in total. The number of unbranched alkanes of at least 4 members (excludes halogenated alkanes) is 1. The molecule has 6 aromatic rings. The lowest BCUT2D eigenvalue weighted by Crippen LogP contribution is -2.21. The summed E-state index contributed by atoms with van der Waals surface area (Å²) in [4.78, 5) is 2.47. The van der Waals surface area contributed by atoms with Gasteiger partial charge in [-0.05, 0) is 98.5 Å². The van der Waals surface area contributed by atoms with E-state index in [4.69, 9.17) is 0 Å². The minimum atomic E-state index is -0.0664. The van der Waals surface area contributed by atoms with Crippen molar-refractivity contribution in [2.24, 2.45) is 0 Å². The molecule has 0 spiro atoms. The molecule has 0 aromatic heterocycles. The molecule has 0 bridgehead atoms. The first kappa shape index (κ1) is 28.6. The van der Waals surface area contributed by atoms with Crippen LogP contribution in [-0.4, -0.2) is 0 Å². The fraction of sp³-hybridized carbons (Fsp3) is 0.200. The molecule has 0 saturated carbocycles. The normalized spacial score (nSPS) is 16.8. The molecule has 6 aromatic carbocycles. The molecular formula is C45H41N. The van der Waals surface area contributed by atoms with E-state index in [0.29, 0.717) is 0 Å². The van der Waals surface area contributed by atoms with Crippen molar-refractivity contribution in [3.05, 3.63) is 162 Å². The summed E-state index contributed by atoms with van der Waals surface area (Å²) in [5.41, 5.74) is 17.1. The van der Waals surface area contributed by atoms with Crippen molar-refractivity contribution in [1.82, 2.24) is 0 Å². The standard InChI is InChI=1S/C45H41N/c1-5-6-28-45(4)41-19-13-11-17-37(41)39-27-25-35(30-43(39)45)46(33-22-20-32(21-23-33)31-14-8-7-9-15-31)34-24-26-38-36-16-10-12-18-40(36)44(2,3)42(38)29-34/h7-27,29-30H,5-6,28H2,1-4H3. The Labute approximate surface area is 274 Å². The van der Waals surface area contributed by atoms with E-state index in [1.807, 2.05) is 0 Å². The molecule has 0 aliphatic heterocycles. The third-order valence-electron chi connectivity index (χ3n) is 10.8. The van der Waals surface area contributed by atoms with E-state index in [-0.39, 0.29) is 10.8 Å². The van der Waals surface area contributed by atoms with Gasteiger partial charge in [-0.3, -0.25) is 0 Å². The highest BCUT2D eigenvalue weighted by atomic mass is 15.1. The molecular weight excluding hydrogens is 555 g/mol. The second-order valence-electron chi connectivity index (χ2n) is 13.9. The molecule has 0 N–H and O–H groups in total. The summed E-state index contributed by atoms with van der Waals surface area (Å²) in [5, 5.41) is 0. The van der Waals surface area contributed by atoms with Crippen molar-refractivity contribution in [3.63, 3.8) is 0 Å². The van der Waals surface area contributed by atoms with Gasteiger partial charge in [-0.2, -0.15) is 0 Å². The average molecular weight is 596 g/mol. The minimum Gasteiger partial charge on any atom is -0.310 e. The molecule has 1 unspecified atom stereocenters. The second kappa shape index (κ2) is 10.9. The van der Waals surface area contributed by atoms with Crippen LogP contribution in [0.2, 0.25) is 0 Å². The molecule has 0 heterocycles. The van der Waals surface area contributed by atoms with E-state index >= 15 is 0 Å². The Hall–Kier alpha value is -4.88. The Morgan fingerprint density at radius 2 is 0.957 bits per heavy atom. The predicted octanol–water partition coefficient (Wildman–Crippen LogP) is 12.6. The predicted molar refractivity (Wildman–Crippen MR) is 196 cm³/mol. The third kappa shape index (κ3) is 4.36. The first-order valence-corrected chi connectivity index (χ1v) is 16.8. The van der Waals surface area contributed by atoms with Gasteiger partial charge < -0.3 is 4.90 Å². The molecule has 1 heteroatoms. The maximum absolute atomic E-state index is 2.49. The van der Waals surface area contributed by atoms with E-state index in [2.05, 4.69) is 172 Å². The van der Waals surface area contributed by atoms with Gasteiger partial charge in [0.15, 0.2) is 0 Å². The van der Waals surface area contributed by atoms with Gasteiger partial charge in [0, 0.05) is 27.9 Å². The van der Waals surface area contributed by atoms with E-state index in [1.165, 1.54) is 85.5 Å². The van der Waals surface area contributed by atoms with Crippen LogP contribution in [0, 0.1) is 0 Å². The van der Waals surface area contributed by atoms with Gasteiger partial charge in [0.25, 0.3) is 0 Å². The zero-order chi connectivity index (χ0) is 31.5. The zero-order valence-electron chi connectivity index (χ0n) is 27.3. The number of fused-ring (bicyclic) bond motifs is 6. The molecule has 1 atom stereocenters. The van der Waals surface area contributed by atoms with Gasteiger partial charge in [-0.25, -0.2) is 0 Å². The highest BCUT2D eigenvalue weighted by molar-refractivity contribution is 5.88. The Morgan fingerprint density at radius 1 is 0.457 bits per heavy atom. The van der Waals surface area contributed by atoms with Crippen molar-refractivity contribution in [3.8, 4) is 33.4 Å². The summed E-state index contributed by atoms with van der Waals surface area (Å²) in [6.07, 6.45) is 3.55. The molecule has 8 rings (SSSR count). The number of hydrogen-bond donors (Lipinski definition) is 0. The van der Waals surface area contributed by atoms with Gasteiger partial charge in [-0.1, -0.05) is 144 Å². The Bertz CT molecular complexity index is 2070. The first-order chi connectivity index (χ1) is 22.4. The number of hydrogen-bond acceptors (Lipinski definition) is 1. The Morgan fingerprint density at radius 3 is 1.63 bits per heavy atom. The van der Waals surface area contributed by atoms with Crippen molar-refractivity contribution >= 4 is 17.1 Å². The molecule has 0 amide bonds. The second-order valence-corrected chi connectivity index (χ2v) is 13.9. The number of benzene rings is 6. The van der Waals surface area contributed by atoms with Crippen LogP contribution in [0.1, 0.15) is 69.2 Å². The van der Waals surface area contributed by atoms with Gasteiger partial charge in [0.05, 0.1) is 0 Å². The van der Waals surface area contributed by atoms with Crippen molar-refractivity contribution in [2.45, 2.75) is 57.8 Å². The van der Waals surface area contributed by atoms with Gasteiger partial charge in [0.2, 0.25) is 0 Å². The molecule has 226 valence electrons. The first-order valence-electron chi connectivity index (χ1n) is 16.8. The van der Waals surface area contributed by atoms with E-state index in [0.717, 1.165) is 6.42 Å². The van der Waals surface area contributed by atoms with Crippen LogP contribution in [-0.2, 0) is 10.8 Å². The topological polar surface area (TPSA) is 3.24 Å². The van der Waals surface area contributed by atoms with Gasteiger partial charge in [-0.15, -0.1) is 0 Å². The van der Waals surface area contributed by atoms with Crippen LogP contribution in [0.4, 0.5) is 17.1 Å². The maximum atomic E-state index is 2.49. The summed E-state index contributed by atoms with van der Waals surface area (Å²) in [6.45, 7) is 9.50. The van der Waals surface area contributed by atoms with Crippen molar-refractivity contribution < 1.29 is 0 Å². The zero-order valence-corrected chi connectivity index (χ0v) is 27.3. The van der Waals surface area contributed by atoms with E-state index in [9.17, 15) is 0 Å². The van der Waals surface area contributed by atoms with Crippen LogP contribution in [0.3, 0.4) is 0 Å². The lowest BCUT2D eigenvalue weighted by molar-refractivity contribution is 0.504. The van der Waals surface area contributed by atoms with Crippen LogP contribution < -0.4 is 4.90 Å². The molecule has 0 radical (unpaired) electrons. The Kier molecular flexibility index (Phi) is 6.76.